The van der Waals surface area contributed by atoms with Gasteiger partial charge in [-0.1, -0.05) is 41.7 Å². The third-order valence-electron chi connectivity index (χ3n) is 4.95. The van der Waals surface area contributed by atoms with E-state index in [2.05, 4.69) is 4.98 Å². The zero-order chi connectivity index (χ0) is 20.8. The standard InChI is InChI=1S/C22H13NO6S/c24-12-6-7-13-16(8-12)28-10-15(19(13)26)14-9-17(25)29-20-18(14)22(27)30-21(23-20)11-4-2-1-3-5-11/h1-8,10,14,24H,9H2. The van der Waals surface area contributed by atoms with E-state index < -0.39 is 11.9 Å². The van der Waals surface area contributed by atoms with Crippen molar-refractivity contribution in [2.24, 2.45) is 0 Å². The number of aromatic nitrogens is 1. The van der Waals surface area contributed by atoms with Crippen molar-refractivity contribution >= 4 is 28.3 Å². The van der Waals surface area contributed by atoms with E-state index in [1.54, 1.807) is 12.1 Å². The zero-order valence-corrected chi connectivity index (χ0v) is 16.1. The van der Waals surface area contributed by atoms with Crippen molar-refractivity contribution in [2.45, 2.75) is 12.3 Å². The molecule has 1 aliphatic rings. The van der Waals surface area contributed by atoms with Gasteiger partial charge in [-0.05, 0) is 12.1 Å². The highest BCUT2D eigenvalue weighted by Gasteiger charge is 2.35. The van der Waals surface area contributed by atoms with Crippen LogP contribution in [-0.2, 0) is 4.79 Å². The van der Waals surface area contributed by atoms with Crippen LogP contribution in [0.1, 0.15) is 23.5 Å². The van der Waals surface area contributed by atoms with Gasteiger partial charge in [-0.25, -0.2) is 4.98 Å². The number of hydrogen-bond acceptors (Lipinski definition) is 8. The number of hydrogen-bond donors (Lipinski definition) is 1. The average Bonchev–Trinajstić information content (AvgIpc) is 2.73. The highest BCUT2D eigenvalue weighted by Crippen LogP contribution is 2.37. The average molecular weight is 419 g/mol. The maximum atomic E-state index is 13.0. The van der Waals surface area contributed by atoms with E-state index in [9.17, 15) is 19.5 Å². The molecule has 1 N–H and O–H groups in total. The minimum Gasteiger partial charge on any atom is -0.508 e. The molecule has 3 heterocycles. The highest BCUT2D eigenvalue weighted by molar-refractivity contribution is 7.12. The summed E-state index contributed by atoms with van der Waals surface area (Å²) in [6.07, 6.45) is 1.06. The molecule has 1 atom stereocenters. The monoisotopic (exact) mass is 419 g/mol. The third kappa shape index (κ3) is 2.98. The summed E-state index contributed by atoms with van der Waals surface area (Å²) in [5.41, 5.74) is 0.906. The molecule has 4 aromatic rings. The Hall–Kier alpha value is -3.78. The summed E-state index contributed by atoms with van der Waals surface area (Å²) in [6.45, 7) is 0. The van der Waals surface area contributed by atoms with E-state index in [-0.39, 0.29) is 50.3 Å². The molecule has 0 fully saturated rings. The van der Waals surface area contributed by atoms with E-state index in [1.165, 1.54) is 24.5 Å². The van der Waals surface area contributed by atoms with Gasteiger partial charge in [-0.15, -0.1) is 0 Å². The topological polar surface area (TPSA) is 107 Å². The van der Waals surface area contributed by atoms with Crippen molar-refractivity contribution in [3.05, 3.63) is 85.7 Å². The van der Waals surface area contributed by atoms with Crippen LogP contribution in [0.2, 0.25) is 0 Å². The molecule has 0 saturated heterocycles. The van der Waals surface area contributed by atoms with Gasteiger partial charge >= 0.3 is 5.97 Å². The van der Waals surface area contributed by atoms with Gasteiger partial charge < -0.3 is 14.3 Å². The lowest BCUT2D eigenvalue weighted by Crippen LogP contribution is -2.29. The van der Waals surface area contributed by atoms with E-state index in [1.807, 2.05) is 18.2 Å². The van der Waals surface area contributed by atoms with Gasteiger partial charge in [-0.2, -0.15) is 0 Å². The van der Waals surface area contributed by atoms with Gasteiger partial charge in [0.05, 0.1) is 23.6 Å². The second-order valence-electron chi connectivity index (χ2n) is 6.82. The summed E-state index contributed by atoms with van der Waals surface area (Å²) in [7, 11) is 0. The van der Waals surface area contributed by atoms with Gasteiger partial charge in [0.1, 0.15) is 16.3 Å². The molecule has 8 heteroatoms. The normalized spacial score (nSPS) is 15.6. The number of fused-ring (bicyclic) bond motifs is 2. The Morgan fingerprint density at radius 3 is 2.67 bits per heavy atom. The number of nitrogens with zero attached hydrogens (tertiary/aromatic N) is 1. The molecule has 0 radical (unpaired) electrons. The molecule has 0 bridgehead atoms. The molecule has 0 amide bonds. The summed E-state index contributed by atoms with van der Waals surface area (Å²) in [6, 6.07) is 13.2. The Labute approximate surface area is 172 Å². The Morgan fingerprint density at radius 1 is 1.07 bits per heavy atom. The first-order chi connectivity index (χ1) is 14.5. The smallest absolute Gasteiger partial charge is 0.313 e. The number of phenolic OH excluding ortho intramolecular Hbond substituents is 1. The first-order valence-electron chi connectivity index (χ1n) is 9.07. The second-order valence-corrected chi connectivity index (χ2v) is 7.78. The fourth-order valence-electron chi connectivity index (χ4n) is 3.53. The van der Waals surface area contributed by atoms with Crippen LogP contribution in [0.15, 0.2) is 68.8 Å². The number of benzene rings is 2. The third-order valence-corrected chi connectivity index (χ3v) is 5.88. The Bertz CT molecular complexity index is 1420. The second kappa shape index (κ2) is 6.93. The van der Waals surface area contributed by atoms with Crippen molar-refractivity contribution in [1.82, 2.24) is 4.98 Å². The zero-order valence-electron chi connectivity index (χ0n) is 15.3. The number of aromatic hydroxyl groups is 1. The molecule has 30 heavy (non-hydrogen) atoms. The molecule has 7 nitrogen and oxygen atoms in total. The Morgan fingerprint density at radius 2 is 1.87 bits per heavy atom. The van der Waals surface area contributed by atoms with Crippen molar-refractivity contribution in [2.75, 3.05) is 0 Å². The van der Waals surface area contributed by atoms with Crippen molar-refractivity contribution in [3.8, 4) is 22.2 Å². The van der Waals surface area contributed by atoms with Gasteiger partial charge in [0.2, 0.25) is 10.6 Å². The van der Waals surface area contributed by atoms with Crippen LogP contribution in [0.25, 0.3) is 21.5 Å². The van der Waals surface area contributed by atoms with Crippen molar-refractivity contribution in [3.63, 3.8) is 0 Å². The van der Waals surface area contributed by atoms with Gasteiger partial charge in [0.15, 0.2) is 5.43 Å². The number of carbonyl (C=O) groups excluding carboxylic acids is 1. The SMILES string of the molecule is O=C1CC(c2coc3cc(O)ccc3c2=O)c2c(nc(-c3ccccc3)sc2=O)O1. The van der Waals surface area contributed by atoms with Crippen molar-refractivity contribution < 1.29 is 19.1 Å². The first kappa shape index (κ1) is 18.3. The first-order valence-corrected chi connectivity index (χ1v) is 9.88. The molecule has 0 aliphatic carbocycles. The maximum Gasteiger partial charge on any atom is 0.313 e. The number of carbonyl (C=O) groups is 1. The highest BCUT2D eigenvalue weighted by atomic mass is 32.1. The maximum absolute atomic E-state index is 13.0. The number of phenols is 1. The molecule has 1 aliphatic heterocycles. The van der Waals surface area contributed by atoms with Gasteiger partial charge in [-0.3, -0.25) is 14.4 Å². The van der Waals surface area contributed by atoms with Crippen LogP contribution in [0.5, 0.6) is 11.6 Å². The molecule has 0 saturated carbocycles. The number of esters is 1. The van der Waals surface area contributed by atoms with Gasteiger partial charge in [0, 0.05) is 23.1 Å². The minimum absolute atomic E-state index is 0.0359. The van der Waals surface area contributed by atoms with E-state index in [0.29, 0.717) is 5.01 Å². The van der Waals surface area contributed by atoms with Gasteiger partial charge in [0.25, 0.3) is 0 Å². The summed E-state index contributed by atoms with van der Waals surface area (Å²) >= 11 is 0.932. The molecule has 2 aromatic carbocycles. The lowest BCUT2D eigenvalue weighted by atomic mass is 9.89. The summed E-state index contributed by atoms with van der Waals surface area (Å²) in [5.74, 6) is -1.52. The van der Waals surface area contributed by atoms with Crippen LogP contribution >= 0.6 is 11.3 Å². The molecule has 0 spiro atoms. The van der Waals surface area contributed by atoms with Crippen LogP contribution in [0, 0.1) is 0 Å². The van der Waals surface area contributed by atoms with E-state index in [0.717, 1.165) is 16.9 Å². The molecule has 5 rings (SSSR count). The fraction of sp³-hybridized carbons (Fsp3) is 0.0909. The molecular weight excluding hydrogens is 406 g/mol. The predicted molar refractivity (Wildman–Crippen MR) is 110 cm³/mol. The number of rotatable bonds is 2. The quantitative estimate of drug-likeness (QED) is 0.496. The van der Waals surface area contributed by atoms with Crippen LogP contribution in [-0.4, -0.2) is 16.1 Å². The Balaban J connectivity index is 1.70. The van der Waals surface area contributed by atoms with Crippen molar-refractivity contribution in [1.29, 1.82) is 0 Å². The molecule has 2 aromatic heterocycles. The van der Waals surface area contributed by atoms with Crippen LogP contribution in [0.4, 0.5) is 0 Å². The van der Waals surface area contributed by atoms with E-state index >= 15 is 0 Å². The molecule has 1 unspecified atom stereocenters. The van der Waals surface area contributed by atoms with E-state index in [4.69, 9.17) is 9.15 Å². The summed E-state index contributed by atoms with van der Waals surface area (Å²) in [5, 5.41) is 10.3. The Kier molecular flexibility index (Phi) is 4.22. The lowest BCUT2D eigenvalue weighted by molar-refractivity contribution is -0.135. The van der Waals surface area contributed by atoms with Crippen LogP contribution in [0.3, 0.4) is 0 Å². The molecular formula is C22H13NO6S. The lowest BCUT2D eigenvalue weighted by Gasteiger charge is -2.22. The van der Waals surface area contributed by atoms with Crippen LogP contribution < -0.4 is 14.9 Å². The fourth-order valence-corrected chi connectivity index (χ4v) is 4.43. The predicted octanol–water partition coefficient (Wildman–Crippen LogP) is 3.42. The summed E-state index contributed by atoms with van der Waals surface area (Å²) in [4.78, 5) is 42.7. The number of ether oxygens (including phenoxy) is 1. The largest absolute Gasteiger partial charge is 0.508 e. The minimum atomic E-state index is -0.822. The molecule has 148 valence electrons. The summed E-state index contributed by atoms with van der Waals surface area (Å²) < 4.78 is 10.4.